The van der Waals surface area contributed by atoms with Gasteiger partial charge in [0.2, 0.25) is 5.88 Å². The van der Waals surface area contributed by atoms with Crippen molar-refractivity contribution in [3.05, 3.63) is 77.4 Å². The molecule has 1 aromatic carbocycles. The van der Waals surface area contributed by atoms with E-state index in [0.717, 1.165) is 21.9 Å². The number of ether oxygens (including phenoxy) is 1. The Balaban J connectivity index is 1.98. The Morgan fingerprint density at radius 1 is 1.04 bits per heavy atom. The maximum Gasteiger partial charge on any atom is 0.219 e. The van der Waals surface area contributed by atoms with Crippen LogP contribution in [0.5, 0.6) is 11.6 Å². The van der Waals surface area contributed by atoms with Crippen LogP contribution in [-0.4, -0.2) is 15.0 Å². The lowest BCUT2D eigenvalue weighted by Crippen LogP contribution is -2.28. The van der Waals surface area contributed by atoms with Gasteiger partial charge in [-0.1, -0.05) is 43.5 Å². The summed E-state index contributed by atoms with van der Waals surface area (Å²) < 4.78 is 5.87. The molecule has 0 bridgehead atoms. The van der Waals surface area contributed by atoms with E-state index < -0.39 is 0 Å². The van der Waals surface area contributed by atoms with Crippen LogP contribution in [-0.2, 0) is 0 Å². The zero-order chi connectivity index (χ0) is 16.9. The van der Waals surface area contributed by atoms with Crippen molar-refractivity contribution < 1.29 is 4.74 Å². The highest BCUT2D eigenvalue weighted by Crippen LogP contribution is 2.24. The molecule has 0 N–H and O–H groups in total. The number of hydrogen-bond acceptors (Lipinski definition) is 4. The fourth-order valence-corrected chi connectivity index (χ4v) is 2.18. The Morgan fingerprint density at radius 2 is 1.88 bits per heavy atom. The van der Waals surface area contributed by atoms with Crippen LogP contribution < -0.4 is 15.3 Å². The highest BCUT2D eigenvalue weighted by atomic mass is 16.5. The second-order valence-electron chi connectivity index (χ2n) is 5.24. The van der Waals surface area contributed by atoms with Crippen molar-refractivity contribution in [3.63, 3.8) is 0 Å². The van der Waals surface area contributed by atoms with Crippen LogP contribution >= 0.6 is 0 Å². The maximum atomic E-state index is 5.87. The molecule has 0 saturated heterocycles. The summed E-state index contributed by atoms with van der Waals surface area (Å²) in [6.07, 6.45) is 5.14. The standard InChI is InChI=1S/C20H17N3O/c1-4-8-16-15(3)13-21-20(23-16)17-10-7-12-19(22-17)24-18-11-6-5-9-14(18)2/h4-13H,1,3H2,2H3/b16-8+. The van der Waals surface area contributed by atoms with E-state index in [9.17, 15) is 0 Å². The summed E-state index contributed by atoms with van der Waals surface area (Å²) in [5.41, 5.74) is 1.69. The molecule has 4 nitrogen and oxygen atoms in total. The first-order valence-electron chi connectivity index (χ1n) is 7.53. The van der Waals surface area contributed by atoms with E-state index in [2.05, 4.69) is 28.1 Å². The van der Waals surface area contributed by atoms with E-state index in [1.54, 1.807) is 18.3 Å². The van der Waals surface area contributed by atoms with Crippen molar-refractivity contribution in [2.24, 2.45) is 0 Å². The molecule has 3 aromatic rings. The first-order valence-corrected chi connectivity index (χ1v) is 7.53. The van der Waals surface area contributed by atoms with Gasteiger partial charge in [-0.25, -0.2) is 15.0 Å². The Morgan fingerprint density at radius 3 is 2.67 bits per heavy atom. The molecule has 118 valence electrons. The largest absolute Gasteiger partial charge is 0.439 e. The summed E-state index contributed by atoms with van der Waals surface area (Å²) in [7, 11) is 0. The molecule has 0 aliphatic carbocycles. The smallest absolute Gasteiger partial charge is 0.219 e. The fraction of sp³-hybridized carbons (Fsp3) is 0.0500. The predicted octanol–water partition coefficient (Wildman–Crippen LogP) is 3.02. The number of aryl methyl sites for hydroxylation is 1. The third kappa shape index (κ3) is 3.38. The molecule has 3 rings (SSSR count). The van der Waals surface area contributed by atoms with E-state index in [1.807, 2.05) is 49.4 Å². The topological polar surface area (TPSA) is 47.9 Å². The van der Waals surface area contributed by atoms with E-state index in [-0.39, 0.29) is 0 Å². The molecule has 0 unspecified atom stereocenters. The van der Waals surface area contributed by atoms with Crippen molar-refractivity contribution >= 4 is 12.7 Å². The number of benzene rings is 1. The lowest BCUT2D eigenvalue weighted by Gasteiger charge is -2.08. The summed E-state index contributed by atoms with van der Waals surface area (Å²) in [6, 6.07) is 13.3. The Labute approximate surface area is 140 Å². The minimum absolute atomic E-state index is 0.498. The Hall–Kier alpha value is -3.27. The van der Waals surface area contributed by atoms with Gasteiger partial charge in [0.1, 0.15) is 11.4 Å². The number of para-hydroxylation sites is 1. The van der Waals surface area contributed by atoms with E-state index in [4.69, 9.17) is 4.74 Å². The molecule has 0 saturated carbocycles. The van der Waals surface area contributed by atoms with Crippen molar-refractivity contribution in [2.45, 2.75) is 6.92 Å². The van der Waals surface area contributed by atoms with Crippen LogP contribution in [0.4, 0.5) is 0 Å². The first kappa shape index (κ1) is 15.6. The minimum atomic E-state index is 0.498. The van der Waals surface area contributed by atoms with E-state index in [0.29, 0.717) is 17.4 Å². The van der Waals surface area contributed by atoms with Gasteiger partial charge in [-0.05, 0) is 30.7 Å². The lowest BCUT2D eigenvalue weighted by molar-refractivity contribution is 0.460. The maximum absolute atomic E-state index is 5.87. The summed E-state index contributed by atoms with van der Waals surface area (Å²) in [5, 5.41) is 1.47. The predicted molar refractivity (Wildman–Crippen MR) is 96.0 cm³/mol. The average molecular weight is 315 g/mol. The highest BCUT2D eigenvalue weighted by Gasteiger charge is 2.06. The molecule has 0 aliphatic rings. The zero-order valence-corrected chi connectivity index (χ0v) is 13.4. The minimum Gasteiger partial charge on any atom is -0.439 e. The van der Waals surface area contributed by atoms with E-state index in [1.165, 1.54) is 0 Å². The van der Waals surface area contributed by atoms with Gasteiger partial charge in [-0.2, -0.15) is 0 Å². The third-order valence-corrected chi connectivity index (χ3v) is 3.43. The zero-order valence-electron chi connectivity index (χ0n) is 13.4. The average Bonchev–Trinajstić information content (AvgIpc) is 2.59. The first-order chi connectivity index (χ1) is 11.7. The van der Waals surface area contributed by atoms with Crippen LogP contribution in [0.3, 0.4) is 0 Å². The van der Waals surface area contributed by atoms with Gasteiger partial charge in [-0.3, -0.25) is 0 Å². The van der Waals surface area contributed by atoms with Crippen LogP contribution in [0.15, 0.2) is 61.3 Å². The van der Waals surface area contributed by atoms with Crippen molar-refractivity contribution in [2.75, 3.05) is 0 Å². The quantitative estimate of drug-likeness (QED) is 0.742. The molecule has 4 heteroatoms. The molecule has 0 radical (unpaired) electrons. The van der Waals surface area contributed by atoms with Gasteiger partial charge in [-0.15, -0.1) is 0 Å². The normalized spacial score (nSPS) is 11.3. The lowest BCUT2D eigenvalue weighted by atomic mass is 10.2. The van der Waals surface area contributed by atoms with Gasteiger partial charge >= 0.3 is 0 Å². The molecular formula is C20H17N3O. The van der Waals surface area contributed by atoms with Crippen molar-refractivity contribution in [1.82, 2.24) is 15.0 Å². The van der Waals surface area contributed by atoms with Crippen molar-refractivity contribution in [1.29, 1.82) is 0 Å². The number of rotatable bonds is 4. The number of hydrogen-bond donors (Lipinski definition) is 0. The second kappa shape index (κ2) is 6.87. The fourth-order valence-electron chi connectivity index (χ4n) is 2.18. The van der Waals surface area contributed by atoms with E-state index >= 15 is 0 Å². The Kier molecular flexibility index (Phi) is 4.47. The van der Waals surface area contributed by atoms with Crippen LogP contribution in [0.25, 0.3) is 24.2 Å². The van der Waals surface area contributed by atoms with Gasteiger partial charge in [0.25, 0.3) is 0 Å². The monoisotopic (exact) mass is 315 g/mol. The van der Waals surface area contributed by atoms with Gasteiger partial charge < -0.3 is 4.74 Å². The molecule has 2 aromatic heterocycles. The van der Waals surface area contributed by atoms with Crippen LogP contribution in [0.2, 0.25) is 0 Å². The molecule has 0 spiro atoms. The highest BCUT2D eigenvalue weighted by molar-refractivity contribution is 5.50. The third-order valence-electron chi connectivity index (χ3n) is 3.43. The molecule has 0 amide bonds. The molecule has 0 fully saturated rings. The summed E-state index contributed by atoms with van der Waals surface area (Å²) >= 11 is 0. The van der Waals surface area contributed by atoms with Crippen molar-refractivity contribution in [3.8, 4) is 23.1 Å². The number of allylic oxidation sites excluding steroid dienone is 1. The number of pyridine rings is 1. The van der Waals surface area contributed by atoms with Gasteiger partial charge in [0.05, 0.1) is 5.35 Å². The Bertz CT molecular complexity index is 996. The number of aromatic nitrogens is 3. The molecule has 24 heavy (non-hydrogen) atoms. The van der Waals surface area contributed by atoms with Gasteiger partial charge in [0, 0.05) is 17.5 Å². The van der Waals surface area contributed by atoms with Gasteiger partial charge in [0.15, 0.2) is 5.82 Å². The molecular weight excluding hydrogens is 298 g/mol. The number of nitrogens with zero attached hydrogens (tertiary/aromatic N) is 3. The van der Waals surface area contributed by atoms with Crippen LogP contribution in [0, 0.1) is 6.92 Å². The summed E-state index contributed by atoms with van der Waals surface area (Å²) in [4.78, 5) is 13.3. The molecule has 0 atom stereocenters. The van der Waals surface area contributed by atoms with Crippen LogP contribution in [0.1, 0.15) is 5.56 Å². The SMILES string of the molecule is C=C/C=c1/nc(-c2cccc(Oc3ccccc3C)n2)ncc1=C. The molecule has 2 heterocycles. The summed E-state index contributed by atoms with van der Waals surface area (Å²) in [5.74, 6) is 1.79. The molecule has 0 aliphatic heterocycles. The summed E-state index contributed by atoms with van der Waals surface area (Å²) in [6.45, 7) is 9.59. The second-order valence-corrected chi connectivity index (χ2v) is 5.24.